The summed E-state index contributed by atoms with van der Waals surface area (Å²) in [7, 11) is 0. The Morgan fingerprint density at radius 3 is 2.43 bits per heavy atom. The van der Waals surface area contributed by atoms with Gasteiger partial charge in [-0.05, 0) is 5.56 Å². The van der Waals surface area contributed by atoms with Gasteiger partial charge < -0.3 is 5.11 Å². The fraction of sp³-hybridized carbons (Fsp3) is 0.182. The maximum absolute atomic E-state index is 13.2. The van der Waals surface area contributed by atoms with Crippen molar-refractivity contribution in [2.45, 2.75) is 12.1 Å². The van der Waals surface area contributed by atoms with Gasteiger partial charge >= 0.3 is 5.97 Å². The average molecular weight is 194 g/mol. The summed E-state index contributed by atoms with van der Waals surface area (Å²) in [5, 5.41) is 8.52. The highest BCUT2D eigenvalue weighted by molar-refractivity contribution is 5.74. The second-order valence-electron chi connectivity index (χ2n) is 2.91. The van der Waals surface area contributed by atoms with Gasteiger partial charge in [0.25, 0.3) is 0 Å². The van der Waals surface area contributed by atoms with Gasteiger partial charge in [-0.2, -0.15) is 0 Å². The van der Waals surface area contributed by atoms with E-state index in [0.29, 0.717) is 5.56 Å². The molecule has 2 atom stereocenters. The number of benzene rings is 1. The standard InChI is InChI=1S/C11H11FO2/c1-2-9(10(12)11(13)14)8-6-4-3-5-7-8/h2-7,9-10H,1H2,(H,13,14)/t9-,10-/m1/s1. The lowest BCUT2D eigenvalue weighted by atomic mass is 9.94. The van der Waals surface area contributed by atoms with Crippen molar-refractivity contribution < 1.29 is 14.3 Å². The van der Waals surface area contributed by atoms with Crippen molar-refractivity contribution in [3.8, 4) is 0 Å². The predicted octanol–water partition coefficient (Wildman–Crippen LogP) is 2.38. The molecular weight excluding hydrogens is 183 g/mol. The van der Waals surface area contributed by atoms with Crippen LogP contribution in [0.2, 0.25) is 0 Å². The summed E-state index contributed by atoms with van der Waals surface area (Å²) in [6.07, 6.45) is -0.622. The highest BCUT2D eigenvalue weighted by atomic mass is 19.1. The zero-order valence-corrected chi connectivity index (χ0v) is 7.56. The number of hydrogen-bond acceptors (Lipinski definition) is 1. The van der Waals surface area contributed by atoms with Crippen LogP contribution in [-0.2, 0) is 4.79 Å². The van der Waals surface area contributed by atoms with Crippen LogP contribution < -0.4 is 0 Å². The molecule has 0 saturated carbocycles. The Labute approximate surface area is 81.7 Å². The summed E-state index contributed by atoms with van der Waals surface area (Å²) in [5.41, 5.74) is 0.623. The first kappa shape index (κ1) is 10.4. The number of hydrogen-bond donors (Lipinski definition) is 1. The molecule has 1 N–H and O–H groups in total. The van der Waals surface area contributed by atoms with E-state index < -0.39 is 18.1 Å². The first-order chi connectivity index (χ1) is 6.66. The average Bonchev–Trinajstić information content (AvgIpc) is 2.20. The molecule has 1 aromatic rings. The Hall–Kier alpha value is -1.64. The Bertz CT molecular complexity index is 321. The minimum atomic E-state index is -1.94. The Kier molecular flexibility index (Phi) is 3.40. The molecular formula is C11H11FO2. The zero-order valence-electron chi connectivity index (χ0n) is 7.56. The lowest BCUT2D eigenvalue weighted by molar-refractivity contribution is -0.143. The molecule has 0 bridgehead atoms. The van der Waals surface area contributed by atoms with Gasteiger partial charge in [0.1, 0.15) is 0 Å². The van der Waals surface area contributed by atoms with Crippen LogP contribution in [0.5, 0.6) is 0 Å². The maximum atomic E-state index is 13.2. The minimum absolute atomic E-state index is 0.623. The highest BCUT2D eigenvalue weighted by Gasteiger charge is 2.26. The van der Waals surface area contributed by atoms with Crippen molar-refractivity contribution in [3.63, 3.8) is 0 Å². The summed E-state index contributed by atoms with van der Waals surface area (Å²) >= 11 is 0. The Balaban J connectivity index is 2.93. The van der Waals surface area contributed by atoms with Crippen molar-refractivity contribution in [1.82, 2.24) is 0 Å². The monoisotopic (exact) mass is 194 g/mol. The summed E-state index contributed by atoms with van der Waals surface area (Å²) in [6.45, 7) is 3.44. The van der Waals surface area contributed by atoms with Crippen molar-refractivity contribution in [3.05, 3.63) is 48.6 Å². The van der Waals surface area contributed by atoms with Gasteiger partial charge in [0.05, 0.1) is 0 Å². The van der Waals surface area contributed by atoms with Gasteiger partial charge in [-0.1, -0.05) is 36.4 Å². The summed E-state index contributed by atoms with van der Waals surface area (Å²) < 4.78 is 13.2. The molecule has 74 valence electrons. The third-order valence-corrected chi connectivity index (χ3v) is 1.99. The molecule has 0 amide bonds. The molecule has 0 aliphatic carbocycles. The third kappa shape index (κ3) is 2.19. The van der Waals surface area contributed by atoms with E-state index in [1.54, 1.807) is 30.3 Å². The zero-order chi connectivity index (χ0) is 10.6. The van der Waals surface area contributed by atoms with Crippen molar-refractivity contribution >= 4 is 5.97 Å². The van der Waals surface area contributed by atoms with E-state index in [2.05, 4.69) is 6.58 Å². The van der Waals surface area contributed by atoms with E-state index in [1.165, 1.54) is 6.08 Å². The van der Waals surface area contributed by atoms with E-state index >= 15 is 0 Å². The van der Waals surface area contributed by atoms with Gasteiger partial charge in [-0.25, -0.2) is 9.18 Å². The second kappa shape index (κ2) is 4.56. The van der Waals surface area contributed by atoms with E-state index in [4.69, 9.17) is 5.11 Å². The fourth-order valence-corrected chi connectivity index (χ4v) is 1.25. The molecule has 0 aliphatic rings. The molecule has 0 fully saturated rings. The molecule has 0 heterocycles. The first-order valence-corrected chi connectivity index (χ1v) is 4.21. The van der Waals surface area contributed by atoms with Crippen LogP contribution in [0.4, 0.5) is 4.39 Å². The first-order valence-electron chi connectivity index (χ1n) is 4.21. The van der Waals surface area contributed by atoms with Crippen molar-refractivity contribution in [2.24, 2.45) is 0 Å². The normalized spacial score (nSPS) is 14.4. The Morgan fingerprint density at radius 2 is 2.00 bits per heavy atom. The number of carbonyl (C=O) groups is 1. The number of halogens is 1. The second-order valence-corrected chi connectivity index (χ2v) is 2.91. The van der Waals surface area contributed by atoms with Crippen molar-refractivity contribution in [1.29, 1.82) is 0 Å². The molecule has 3 heteroatoms. The summed E-state index contributed by atoms with van der Waals surface area (Å²) in [4.78, 5) is 10.5. The molecule has 0 aliphatic heterocycles. The van der Waals surface area contributed by atoms with Crippen LogP contribution in [0.3, 0.4) is 0 Å². The molecule has 14 heavy (non-hydrogen) atoms. The summed E-state index contributed by atoms with van der Waals surface area (Å²) in [5.74, 6) is -2.24. The quantitative estimate of drug-likeness (QED) is 0.747. The lowest BCUT2D eigenvalue weighted by Crippen LogP contribution is -2.21. The summed E-state index contributed by atoms with van der Waals surface area (Å²) in [6, 6.07) is 8.63. The number of allylic oxidation sites excluding steroid dienone is 1. The van der Waals surface area contributed by atoms with Gasteiger partial charge in [0.15, 0.2) is 0 Å². The van der Waals surface area contributed by atoms with Gasteiger partial charge in [0, 0.05) is 5.92 Å². The number of alkyl halides is 1. The van der Waals surface area contributed by atoms with Crippen LogP contribution in [0.1, 0.15) is 11.5 Å². The molecule has 0 saturated heterocycles. The minimum Gasteiger partial charge on any atom is -0.479 e. The largest absolute Gasteiger partial charge is 0.479 e. The topological polar surface area (TPSA) is 37.3 Å². The third-order valence-electron chi connectivity index (χ3n) is 1.99. The van der Waals surface area contributed by atoms with Crippen LogP contribution in [-0.4, -0.2) is 17.2 Å². The number of aliphatic carboxylic acids is 1. The molecule has 1 aromatic carbocycles. The molecule has 0 radical (unpaired) electrons. The van der Waals surface area contributed by atoms with Crippen LogP contribution in [0.15, 0.2) is 43.0 Å². The molecule has 0 unspecified atom stereocenters. The smallest absolute Gasteiger partial charge is 0.339 e. The highest BCUT2D eigenvalue weighted by Crippen LogP contribution is 2.23. The predicted molar refractivity (Wildman–Crippen MR) is 51.9 cm³/mol. The number of carboxylic acids is 1. The van der Waals surface area contributed by atoms with Crippen LogP contribution >= 0.6 is 0 Å². The van der Waals surface area contributed by atoms with E-state index in [0.717, 1.165) is 0 Å². The molecule has 1 rings (SSSR count). The molecule has 0 spiro atoms. The Morgan fingerprint density at radius 1 is 1.43 bits per heavy atom. The van der Waals surface area contributed by atoms with Crippen LogP contribution in [0, 0.1) is 0 Å². The van der Waals surface area contributed by atoms with Gasteiger partial charge in [-0.15, -0.1) is 6.58 Å². The van der Waals surface area contributed by atoms with E-state index in [1.807, 2.05) is 0 Å². The maximum Gasteiger partial charge on any atom is 0.339 e. The van der Waals surface area contributed by atoms with Crippen LogP contribution in [0.25, 0.3) is 0 Å². The molecule has 2 nitrogen and oxygen atoms in total. The van der Waals surface area contributed by atoms with E-state index in [9.17, 15) is 9.18 Å². The van der Waals surface area contributed by atoms with E-state index in [-0.39, 0.29) is 0 Å². The van der Waals surface area contributed by atoms with Crippen molar-refractivity contribution in [2.75, 3.05) is 0 Å². The molecule has 0 aromatic heterocycles. The van der Waals surface area contributed by atoms with Gasteiger partial charge in [0.2, 0.25) is 6.17 Å². The number of rotatable bonds is 4. The van der Waals surface area contributed by atoms with Gasteiger partial charge in [-0.3, -0.25) is 0 Å². The SMILES string of the molecule is C=C[C@H](c1ccccc1)[C@@H](F)C(=O)O. The fourth-order valence-electron chi connectivity index (χ4n) is 1.25. The number of carboxylic acid groups (broad SMARTS) is 1. The lowest BCUT2D eigenvalue weighted by Gasteiger charge is -2.13.